The molecule has 0 atom stereocenters. The number of carbonyl (C=O) groups excluding carboxylic acids is 1. The molecule has 2 aromatic heterocycles. The van der Waals surface area contributed by atoms with Crippen molar-refractivity contribution < 1.29 is 17.9 Å². The van der Waals surface area contributed by atoms with Crippen molar-refractivity contribution in [2.75, 3.05) is 12.8 Å². The number of nitrogens with two attached hydrogens (primary N) is 1. The number of benzene rings is 1. The Labute approximate surface area is 169 Å². The van der Waals surface area contributed by atoms with E-state index >= 15 is 0 Å². The van der Waals surface area contributed by atoms with Gasteiger partial charge in [-0.25, -0.2) is 17.4 Å². The van der Waals surface area contributed by atoms with Gasteiger partial charge in [-0.2, -0.15) is 0 Å². The van der Waals surface area contributed by atoms with E-state index in [1.807, 2.05) is 13.8 Å². The first kappa shape index (κ1) is 20.4. The average molecular weight is 414 g/mol. The summed E-state index contributed by atoms with van der Waals surface area (Å²) in [5, 5.41) is 2.79. The highest BCUT2D eigenvalue weighted by Crippen LogP contribution is 2.19. The second-order valence-electron chi connectivity index (χ2n) is 6.52. The Hall–Kier alpha value is -3.33. The van der Waals surface area contributed by atoms with Gasteiger partial charge in [-0.1, -0.05) is 0 Å². The van der Waals surface area contributed by atoms with Crippen LogP contribution in [-0.2, 0) is 16.6 Å². The first-order valence-corrected chi connectivity index (χ1v) is 10.2. The fourth-order valence-corrected chi connectivity index (χ4v) is 4.15. The third-order valence-corrected chi connectivity index (χ3v) is 6.21. The Morgan fingerprint density at radius 3 is 2.52 bits per heavy atom. The molecule has 1 aromatic carbocycles. The number of amides is 1. The lowest BCUT2D eigenvalue weighted by Crippen LogP contribution is -2.24. The van der Waals surface area contributed by atoms with Gasteiger partial charge in [0, 0.05) is 24.6 Å². The zero-order valence-electron chi connectivity index (χ0n) is 16.3. The minimum atomic E-state index is -3.80. The number of aromatic nitrogens is 2. The van der Waals surface area contributed by atoms with E-state index in [1.165, 1.54) is 37.7 Å². The van der Waals surface area contributed by atoms with Crippen LogP contribution in [0.1, 0.15) is 27.2 Å². The van der Waals surface area contributed by atoms with Crippen molar-refractivity contribution in [1.82, 2.24) is 14.3 Å². The van der Waals surface area contributed by atoms with E-state index in [1.54, 1.807) is 18.2 Å². The van der Waals surface area contributed by atoms with Crippen molar-refractivity contribution in [2.45, 2.75) is 25.3 Å². The SMILES string of the molecule is COc1ccc(S(=O)(=O)n2ccc(C(=O)NCc3c(C)cc(N)nc3C)c2)cc1. The lowest BCUT2D eigenvalue weighted by Gasteiger charge is -2.11. The molecule has 152 valence electrons. The normalized spacial score (nSPS) is 11.3. The van der Waals surface area contributed by atoms with Crippen molar-refractivity contribution in [3.8, 4) is 5.75 Å². The fraction of sp³-hybridized carbons (Fsp3) is 0.200. The minimum absolute atomic E-state index is 0.0973. The van der Waals surface area contributed by atoms with E-state index in [-0.39, 0.29) is 22.9 Å². The van der Waals surface area contributed by atoms with Gasteiger partial charge < -0.3 is 15.8 Å². The van der Waals surface area contributed by atoms with Crippen LogP contribution in [0.3, 0.4) is 0 Å². The Morgan fingerprint density at radius 2 is 1.90 bits per heavy atom. The number of ether oxygens (including phenoxy) is 1. The molecule has 3 N–H and O–H groups in total. The maximum atomic E-state index is 12.7. The van der Waals surface area contributed by atoms with Gasteiger partial charge >= 0.3 is 0 Å². The van der Waals surface area contributed by atoms with Crippen LogP contribution < -0.4 is 15.8 Å². The quantitative estimate of drug-likeness (QED) is 0.639. The predicted octanol–water partition coefficient (Wildman–Crippen LogP) is 2.26. The number of nitrogens with zero attached hydrogens (tertiary/aromatic N) is 2. The summed E-state index contributed by atoms with van der Waals surface area (Å²) in [6, 6.07) is 9.23. The Bertz CT molecular complexity index is 1130. The second kappa shape index (κ2) is 7.96. The summed E-state index contributed by atoms with van der Waals surface area (Å²) >= 11 is 0. The number of hydrogen-bond donors (Lipinski definition) is 2. The van der Waals surface area contributed by atoms with Crippen molar-refractivity contribution in [1.29, 1.82) is 0 Å². The number of carbonyl (C=O) groups is 1. The van der Waals surface area contributed by atoms with Crippen LogP contribution in [0.2, 0.25) is 0 Å². The van der Waals surface area contributed by atoms with Gasteiger partial charge in [-0.3, -0.25) is 4.79 Å². The van der Waals surface area contributed by atoms with Crippen LogP contribution in [0.5, 0.6) is 5.75 Å². The molecule has 0 aliphatic rings. The highest BCUT2D eigenvalue weighted by Gasteiger charge is 2.19. The number of anilines is 1. The number of aryl methyl sites for hydroxylation is 2. The van der Waals surface area contributed by atoms with Gasteiger partial charge in [-0.15, -0.1) is 0 Å². The molecule has 8 nitrogen and oxygen atoms in total. The molecule has 9 heteroatoms. The van der Waals surface area contributed by atoms with Crippen LogP contribution in [0.4, 0.5) is 5.82 Å². The lowest BCUT2D eigenvalue weighted by atomic mass is 10.1. The maximum Gasteiger partial charge on any atom is 0.267 e. The molecule has 3 rings (SSSR count). The number of nitrogen functional groups attached to an aromatic ring is 1. The number of pyridine rings is 1. The fourth-order valence-electron chi connectivity index (χ4n) is 2.96. The minimum Gasteiger partial charge on any atom is -0.497 e. The molecular formula is C20H22N4O4S. The van der Waals surface area contributed by atoms with Crippen LogP contribution in [0, 0.1) is 13.8 Å². The van der Waals surface area contributed by atoms with Gasteiger partial charge in [0.1, 0.15) is 11.6 Å². The summed E-state index contributed by atoms with van der Waals surface area (Å²) in [6.45, 7) is 3.98. The van der Waals surface area contributed by atoms with Crippen molar-refractivity contribution in [3.63, 3.8) is 0 Å². The summed E-state index contributed by atoms with van der Waals surface area (Å²) in [5.74, 6) is 0.597. The average Bonchev–Trinajstić information content (AvgIpc) is 3.18. The first-order chi connectivity index (χ1) is 13.7. The van der Waals surface area contributed by atoms with Crippen molar-refractivity contribution in [2.24, 2.45) is 0 Å². The zero-order chi connectivity index (χ0) is 21.2. The molecule has 0 aliphatic heterocycles. The monoisotopic (exact) mass is 414 g/mol. The molecule has 0 unspecified atom stereocenters. The van der Waals surface area contributed by atoms with Crippen LogP contribution in [-0.4, -0.2) is 30.4 Å². The number of nitrogens with one attached hydrogen (secondary N) is 1. The standard InChI is InChI=1S/C20H22N4O4S/c1-13-10-19(21)23-14(2)18(13)11-22-20(25)15-8-9-24(12-15)29(26,27)17-6-4-16(28-3)5-7-17/h4-10,12H,11H2,1-3H3,(H2,21,23)(H,22,25). The molecule has 0 saturated heterocycles. The molecular weight excluding hydrogens is 392 g/mol. The molecule has 2 heterocycles. The highest BCUT2D eigenvalue weighted by molar-refractivity contribution is 7.90. The Kier molecular flexibility index (Phi) is 5.60. The molecule has 0 bridgehead atoms. The summed E-state index contributed by atoms with van der Waals surface area (Å²) < 4.78 is 31.5. The smallest absolute Gasteiger partial charge is 0.267 e. The lowest BCUT2D eigenvalue weighted by molar-refractivity contribution is 0.0951. The first-order valence-electron chi connectivity index (χ1n) is 8.81. The van der Waals surface area contributed by atoms with E-state index in [2.05, 4.69) is 10.3 Å². The van der Waals surface area contributed by atoms with Crippen LogP contribution >= 0.6 is 0 Å². The summed E-state index contributed by atoms with van der Waals surface area (Å²) in [4.78, 5) is 16.8. The number of rotatable bonds is 6. The van der Waals surface area contributed by atoms with E-state index < -0.39 is 10.0 Å². The van der Waals surface area contributed by atoms with Crippen LogP contribution in [0.15, 0.2) is 53.7 Å². The van der Waals surface area contributed by atoms with E-state index in [4.69, 9.17) is 10.5 Å². The van der Waals surface area contributed by atoms with Gasteiger partial charge in [0.2, 0.25) is 0 Å². The van der Waals surface area contributed by atoms with Crippen molar-refractivity contribution >= 4 is 21.7 Å². The van der Waals surface area contributed by atoms with Gasteiger partial charge in [0.05, 0.1) is 17.6 Å². The Morgan fingerprint density at radius 1 is 1.21 bits per heavy atom. The number of hydrogen-bond acceptors (Lipinski definition) is 6. The molecule has 0 spiro atoms. The largest absolute Gasteiger partial charge is 0.497 e. The Balaban J connectivity index is 1.76. The van der Waals surface area contributed by atoms with Gasteiger partial charge in [-0.05, 0) is 61.4 Å². The molecule has 0 saturated carbocycles. The van der Waals surface area contributed by atoms with Gasteiger partial charge in [0.25, 0.3) is 15.9 Å². The topological polar surface area (TPSA) is 116 Å². The summed E-state index contributed by atoms with van der Waals surface area (Å²) in [5.41, 5.74) is 8.49. The van der Waals surface area contributed by atoms with Gasteiger partial charge in [0.15, 0.2) is 0 Å². The van der Waals surface area contributed by atoms with Crippen LogP contribution in [0.25, 0.3) is 0 Å². The summed E-state index contributed by atoms with van der Waals surface area (Å²) in [7, 11) is -2.30. The predicted molar refractivity (Wildman–Crippen MR) is 109 cm³/mol. The highest BCUT2D eigenvalue weighted by atomic mass is 32.2. The molecule has 0 fully saturated rings. The second-order valence-corrected chi connectivity index (χ2v) is 8.36. The van der Waals surface area contributed by atoms with E-state index in [9.17, 15) is 13.2 Å². The molecule has 1 amide bonds. The van der Waals surface area contributed by atoms with E-state index in [0.717, 1.165) is 20.8 Å². The molecule has 29 heavy (non-hydrogen) atoms. The molecule has 3 aromatic rings. The summed E-state index contributed by atoms with van der Waals surface area (Å²) in [6.07, 6.45) is 2.63. The number of methoxy groups -OCH3 is 1. The maximum absolute atomic E-state index is 12.7. The van der Waals surface area contributed by atoms with Crippen molar-refractivity contribution in [3.05, 3.63) is 71.2 Å². The zero-order valence-corrected chi connectivity index (χ0v) is 17.2. The molecule has 0 radical (unpaired) electrons. The van der Waals surface area contributed by atoms with E-state index in [0.29, 0.717) is 11.6 Å². The molecule has 0 aliphatic carbocycles. The third-order valence-electron chi connectivity index (χ3n) is 4.56. The third kappa shape index (κ3) is 4.24.